The second-order valence-electron chi connectivity index (χ2n) is 2.90. The Morgan fingerprint density at radius 1 is 1.43 bits per heavy atom. The highest BCUT2D eigenvalue weighted by atomic mass is 32.2. The van der Waals surface area contributed by atoms with Crippen molar-refractivity contribution in [1.82, 2.24) is 0 Å². The van der Waals surface area contributed by atoms with E-state index < -0.39 is 22.5 Å². The highest BCUT2D eigenvalue weighted by Crippen LogP contribution is 2.12. The summed E-state index contributed by atoms with van der Waals surface area (Å²) in [5.74, 6) is -0.710. The molecule has 0 spiro atoms. The Bertz CT molecular complexity index is 301. The first-order valence-corrected chi connectivity index (χ1v) is 5.52. The van der Waals surface area contributed by atoms with Crippen LogP contribution in [-0.4, -0.2) is 27.0 Å². The maximum atomic E-state index is 11.3. The summed E-state index contributed by atoms with van der Waals surface area (Å²) >= 11 is 0. The van der Waals surface area contributed by atoms with Crippen LogP contribution in [0.4, 0.5) is 0 Å². The maximum Gasteiger partial charge on any atom is 0.332 e. The van der Waals surface area contributed by atoms with Gasteiger partial charge in [-0.25, -0.2) is 4.79 Å². The largest absolute Gasteiger partial charge is 0.464 e. The Labute approximate surface area is 85.2 Å². The maximum absolute atomic E-state index is 11.3. The molecule has 0 saturated heterocycles. The molecule has 0 fully saturated rings. The van der Waals surface area contributed by atoms with E-state index in [1.54, 1.807) is 13.8 Å². The van der Waals surface area contributed by atoms with Crippen LogP contribution in [0.5, 0.6) is 0 Å². The van der Waals surface area contributed by atoms with Crippen molar-refractivity contribution in [2.75, 3.05) is 6.61 Å². The van der Waals surface area contributed by atoms with Gasteiger partial charge >= 0.3 is 16.5 Å². The zero-order chi connectivity index (χ0) is 11.1. The Balaban J connectivity index is 4.72. The lowest BCUT2D eigenvalue weighted by atomic mass is 10.0. The van der Waals surface area contributed by atoms with Gasteiger partial charge in [0.1, 0.15) is 0 Å². The topological polar surface area (TPSA) is 72.8 Å². The second-order valence-corrected chi connectivity index (χ2v) is 3.55. The van der Waals surface area contributed by atoms with Gasteiger partial charge in [0.15, 0.2) is 6.04 Å². The van der Waals surface area contributed by atoms with Gasteiger partial charge < -0.3 is 4.74 Å². The van der Waals surface area contributed by atoms with Crippen molar-refractivity contribution in [2.24, 2.45) is 10.3 Å². The van der Waals surface area contributed by atoms with Crippen LogP contribution in [0.15, 0.2) is 4.36 Å². The fourth-order valence-electron chi connectivity index (χ4n) is 0.923. The Morgan fingerprint density at radius 3 is 2.36 bits per heavy atom. The number of nitrogens with zero attached hydrogens (tertiary/aromatic N) is 1. The van der Waals surface area contributed by atoms with Gasteiger partial charge in [0.2, 0.25) is 0 Å². The van der Waals surface area contributed by atoms with Crippen molar-refractivity contribution in [3.8, 4) is 0 Å². The smallest absolute Gasteiger partial charge is 0.332 e. The van der Waals surface area contributed by atoms with E-state index in [1.807, 2.05) is 6.92 Å². The molecule has 0 aromatic rings. The molecule has 0 aromatic carbocycles. The number of hydrogen-bond donors (Lipinski definition) is 0. The zero-order valence-electron chi connectivity index (χ0n) is 8.56. The van der Waals surface area contributed by atoms with Gasteiger partial charge in [-0.15, -0.1) is 0 Å². The number of rotatable bonds is 5. The van der Waals surface area contributed by atoms with E-state index in [9.17, 15) is 13.2 Å². The molecule has 5 nitrogen and oxygen atoms in total. The van der Waals surface area contributed by atoms with Crippen LogP contribution in [0.3, 0.4) is 0 Å². The monoisotopic (exact) mass is 221 g/mol. The Kier molecular flexibility index (Phi) is 6.11. The molecule has 14 heavy (non-hydrogen) atoms. The third-order valence-electron chi connectivity index (χ3n) is 1.91. The first-order chi connectivity index (χ1) is 6.52. The van der Waals surface area contributed by atoms with Crippen molar-refractivity contribution >= 4 is 16.5 Å². The molecule has 0 aliphatic carbocycles. The van der Waals surface area contributed by atoms with Crippen molar-refractivity contribution in [3.63, 3.8) is 0 Å². The first-order valence-electron chi connectivity index (χ1n) is 4.49. The minimum Gasteiger partial charge on any atom is -0.464 e. The molecule has 0 unspecified atom stereocenters. The lowest BCUT2D eigenvalue weighted by Gasteiger charge is -2.14. The quantitative estimate of drug-likeness (QED) is 0.650. The average molecular weight is 221 g/mol. The number of carbonyl (C=O) groups is 1. The molecule has 0 amide bonds. The number of ether oxygens (including phenoxy) is 1. The predicted molar refractivity (Wildman–Crippen MR) is 51.2 cm³/mol. The molecule has 0 aromatic heterocycles. The molecule has 6 heteroatoms. The molecule has 82 valence electrons. The van der Waals surface area contributed by atoms with Crippen LogP contribution < -0.4 is 0 Å². The van der Waals surface area contributed by atoms with Crippen molar-refractivity contribution in [3.05, 3.63) is 0 Å². The minimum atomic E-state index is -2.57. The SMILES string of the molecule is CCOC(=O)[C@H](N=S(=O)=O)[C@H](C)CC. The van der Waals surface area contributed by atoms with E-state index in [1.165, 1.54) is 0 Å². The third kappa shape index (κ3) is 4.36. The number of carbonyl (C=O) groups excluding carboxylic acids is 1. The molecular formula is C8H15NO4S. The van der Waals surface area contributed by atoms with Gasteiger partial charge in [-0.3, -0.25) is 0 Å². The van der Waals surface area contributed by atoms with E-state index in [0.717, 1.165) is 0 Å². The van der Waals surface area contributed by atoms with Crippen molar-refractivity contribution < 1.29 is 17.9 Å². The molecule has 0 rings (SSSR count). The number of esters is 1. The van der Waals surface area contributed by atoms with E-state index >= 15 is 0 Å². The van der Waals surface area contributed by atoms with Gasteiger partial charge in [0, 0.05) is 0 Å². The van der Waals surface area contributed by atoms with Crippen LogP contribution >= 0.6 is 0 Å². The van der Waals surface area contributed by atoms with Crippen LogP contribution in [0.2, 0.25) is 0 Å². The lowest BCUT2D eigenvalue weighted by Crippen LogP contribution is -2.27. The second kappa shape index (κ2) is 6.53. The molecule has 0 N–H and O–H groups in total. The van der Waals surface area contributed by atoms with Gasteiger partial charge in [-0.2, -0.15) is 12.8 Å². The zero-order valence-corrected chi connectivity index (χ0v) is 9.37. The normalized spacial score (nSPS) is 14.2. The van der Waals surface area contributed by atoms with Crippen molar-refractivity contribution in [1.29, 1.82) is 0 Å². The highest BCUT2D eigenvalue weighted by molar-refractivity contribution is 7.61. The predicted octanol–water partition coefficient (Wildman–Crippen LogP) is 1.03. The standard InChI is InChI=1S/C8H15NO4S/c1-4-6(3)7(9-14(11)12)8(10)13-5-2/h6-7H,4-5H2,1-3H3/t6-,7-/m1/s1. The summed E-state index contributed by atoms with van der Waals surface area (Å²) in [5.41, 5.74) is 0. The van der Waals surface area contributed by atoms with Crippen LogP contribution in [0, 0.1) is 5.92 Å². The van der Waals surface area contributed by atoms with Crippen LogP contribution in [0.1, 0.15) is 27.2 Å². The van der Waals surface area contributed by atoms with E-state index in [-0.39, 0.29) is 12.5 Å². The van der Waals surface area contributed by atoms with Gasteiger partial charge in [0.05, 0.1) is 6.61 Å². The fraction of sp³-hybridized carbons (Fsp3) is 0.875. The molecule has 0 radical (unpaired) electrons. The molecule has 0 aliphatic heterocycles. The van der Waals surface area contributed by atoms with Crippen LogP contribution in [-0.2, 0) is 20.0 Å². The van der Waals surface area contributed by atoms with Gasteiger partial charge in [0.25, 0.3) is 0 Å². The summed E-state index contributed by atoms with van der Waals surface area (Å²) in [5, 5.41) is 0. The fourth-order valence-corrected chi connectivity index (χ4v) is 1.40. The molecule has 2 atom stereocenters. The summed E-state index contributed by atoms with van der Waals surface area (Å²) < 4.78 is 28.8. The van der Waals surface area contributed by atoms with E-state index in [4.69, 9.17) is 4.74 Å². The van der Waals surface area contributed by atoms with Crippen LogP contribution in [0.25, 0.3) is 0 Å². The summed E-state index contributed by atoms with van der Waals surface area (Å²) in [7, 11) is -2.57. The van der Waals surface area contributed by atoms with E-state index in [0.29, 0.717) is 6.42 Å². The molecule has 0 aliphatic rings. The third-order valence-corrected chi connectivity index (χ3v) is 2.31. The average Bonchev–Trinajstić information content (AvgIpc) is 2.13. The minimum absolute atomic E-state index is 0.132. The molecule has 0 bridgehead atoms. The highest BCUT2D eigenvalue weighted by Gasteiger charge is 2.25. The summed E-state index contributed by atoms with van der Waals surface area (Å²) in [6, 6.07) is -0.904. The van der Waals surface area contributed by atoms with Gasteiger partial charge in [-0.1, -0.05) is 20.3 Å². The summed E-state index contributed by atoms with van der Waals surface area (Å²) in [4.78, 5) is 11.3. The Morgan fingerprint density at radius 2 is 2.00 bits per heavy atom. The molecule has 0 heterocycles. The van der Waals surface area contributed by atoms with Crippen molar-refractivity contribution in [2.45, 2.75) is 33.2 Å². The Hall–Kier alpha value is -0.910. The van der Waals surface area contributed by atoms with E-state index in [2.05, 4.69) is 4.36 Å². The lowest BCUT2D eigenvalue weighted by molar-refractivity contribution is -0.145. The summed E-state index contributed by atoms with van der Waals surface area (Å²) in [6.45, 7) is 5.52. The molecular weight excluding hydrogens is 206 g/mol. The molecule has 0 saturated carbocycles. The summed E-state index contributed by atoms with van der Waals surface area (Å²) in [6.07, 6.45) is 0.671. The van der Waals surface area contributed by atoms with Gasteiger partial charge in [-0.05, 0) is 12.8 Å². The first kappa shape index (κ1) is 13.1. The number of hydrogen-bond acceptors (Lipinski definition) is 5.